The van der Waals surface area contributed by atoms with Crippen molar-refractivity contribution >= 4 is 11.9 Å². The number of hydrogen-bond acceptors (Lipinski definition) is 3. The van der Waals surface area contributed by atoms with Crippen molar-refractivity contribution in [1.82, 2.24) is 10.2 Å². The fourth-order valence-electron chi connectivity index (χ4n) is 3.95. The Labute approximate surface area is 159 Å². The Hall–Kier alpha value is -2.66. The van der Waals surface area contributed by atoms with Crippen LogP contribution in [0.4, 0.5) is 4.79 Å². The highest BCUT2D eigenvalue weighted by molar-refractivity contribution is 6.09. The average Bonchev–Trinajstić information content (AvgIpc) is 3.27. The second kappa shape index (κ2) is 6.82. The maximum absolute atomic E-state index is 13.6. The van der Waals surface area contributed by atoms with Crippen LogP contribution >= 0.6 is 0 Å². The van der Waals surface area contributed by atoms with Gasteiger partial charge in [-0.15, -0.1) is 0 Å². The lowest BCUT2D eigenvalue weighted by Crippen LogP contribution is -2.45. The number of aryl methyl sites for hydroxylation is 2. The number of nitrogens with one attached hydrogen (secondary N) is 1. The standard InChI is InChI=1S/C22H24N2O3/c1-15-10-11-18(13-16(15)2)22(17-7-4-3-5-8-17)20(25)24(21(26)23-22)14-19-9-6-12-27-19/h3-5,7-8,10-11,13,19H,6,9,12,14H2,1-2H3,(H,23,26)/t19-,22+/m1/s1. The minimum atomic E-state index is -1.20. The van der Waals surface area contributed by atoms with E-state index in [2.05, 4.69) is 5.32 Å². The van der Waals surface area contributed by atoms with Gasteiger partial charge < -0.3 is 10.1 Å². The van der Waals surface area contributed by atoms with Crippen molar-refractivity contribution in [2.45, 2.75) is 38.3 Å². The third-order valence-electron chi connectivity index (χ3n) is 5.66. The van der Waals surface area contributed by atoms with Crippen molar-refractivity contribution in [3.8, 4) is 0 Å². The number of nitrogens with zero attached hydrogens (tertiary/aromatic N) is 1. The van der Waals surface area contributed by atoms with Gasteiger partial charge in [0.25, 0.3) is 5.91 Å². The Kier molecular flexibility index (Phi) is 4.48. The highest BCUT2D eigenvalue weighted by atomic mass is 16.5. The molecule has 2 heterocycles. The summed E-state index contributed by atoms with van der Waals surface area (Å²) in [5, 5.41) is 3.00. The Balaban J connectivity index is 1.80. The van der Waals surface area contributed by atoms with E-state index in [-0.39, 0.29) is 18.0 Å². The van der Waals surface area contributed by atoms with Crippen LogP contribution in [0.2, 0.25) is 0 Å². The molecule has 2 aliphatic heterocycles. The van der Waals surface area contributed by atoms with Gasteiger partial charge in [0.2, 0.25) is 0 Å². The van der Waals surface area contributed by atoms with Crippen molar-refractivity contribution in [2.24, 2.45) is 0 Å². The molecule has 0 aromatic heterocycles. The van der Waals surface area contributed by atoms with E-state index in [1.165, 1.54) is 4.90 Å². The number of amides is 3. The average molecular weight is 364 g/mol. The third kappa shape index (κ3) is 2.92. The van der Waals surface area contributed by atoms with E-state index in [0.717, 1.165) is 35.1 Å². The lowest BCUT2D eigenvalue weighted by molar-refractivity contribution is -0.131. The number of rotatable bonds is 4. The summed E-state index contributed by atoms with van der Waals surface area (Å²) in [6.45, 7) is 5.04. The van der Waals surface area contributed by atoms with Gasteiger partial charge in [0.1, 0.15) is 0 Å². The number of ether oxygens (including phenoxy) is 1. The van der Waals surface area contributed by atoms with E-state index in [4.69, 9.17) is 4.74 Å². The van der Waals surface area contributed by atoms with Crippen molar-refractivity contribution in [1.29, 1.82) is 0 Å². The predicted molar refractivity (Wildman–Crippen MR) is 102 cm³/mol. The predicted octanol–water partition coefficient (Wildman–Crippen LogP) is 3.28. The van der Waals surface area contributed by atoms with Gasteiger partial charge in [-0.3, -0.25) is 9.69 Å². The lowest BCUT2D eigenvalue weighted by atomic mass is 9.81. The zero-order valence-corrected chi connectivity index (χ0v) is 15.7. The molecule has 2 saturated heterocycles. The van der Waals surface area contributed by atoms with Gasteiger partial charge in [-0.05, 0) is 48.9 Å². The number of benzene rings is 2. The highest BCUT2D eigenvalue weighted by Crippen LogP contribution is 2.37. The summed E-state index contributed by atoms with van der Waals surface area (Å²) in [5.41, 5.74) is 2.58. The SMILES string of the molecule is Cc1ccc([C@]2(c3ccccc3)NC(=O)N(C[C@H]3CCCO3)C2=O)cc1C. The smallest absolute Gasteiger partial charge is 0.325 e. The van der Waals surface area contributed by atoms with Crippen LogP contribution in [0.1, 0.15) is 35.1 Å². The Bertz CT molecular complexity index is 874. The van der Waals surface area contributed by atoms with Gasteiger partial charge in [-0.1, -0.05) is 48.5 Å². The van der Waals surface area contributed by atoms with Gasteiger partial charge in [0, 0.05) is 6.61 Å². The number of carbonyl (C=O) groups excluding carboxylic acids is 2. The molecule has 4 rings (SSSR count). The molecule has 0 aliphatic carbocycles. The van der Waals surface area contributed by atoms with Crippen LogP contribution in [0, 0.1) is 13.8 Å². The van der Waals surface area contributed by atoms with E-state index >= 15 is 0 Å². The summed E-state index contributed by atoms with van der Waals surface area (Å²) in [4.78, 5) is 27.8. The first-order valence-electron chi connectivity index (χ1n) is 9.41. The molecular formula is C22H24N2O3. The molecule has 0 bridgehead atoms. The molecule has 0 saturated carbocycles. The second-order valence-electron chi connectivity index (χ2n) is 7.40. The molecule has 1 N–H and O–H groups in total. The van der Waals surface area contributed by atoms with Crippen molar-refractivity contribution < 1.29 is 14.3 Å². The van der Waals surface area contributed by atoms with Crippen molar-refractivity contribution in [3.63, 3.8) is 0 Å². The molecular weight excluding hydrogens is 340 g/mol. The topological polar surface area (TPSA) is 58.6 Å². The van der Waals surface area contributed by atoms with Gasteiger partial charge in [-0.25, -0.2) is 4.79 Å². The number of carbonyl (C=O) groups is 2. The van der Waals surface area contributed by atoms with Gasteiger partial charge in [0.05, 0.1) is 12.6 Å². The van der Waals surface area contributed by atoms with E-state index in [1.54, 1.807) is 0 Å². The molecule has 0 unspecified atom stereocenters. The van der Waals surface area contributed by atoms with Crippen LogP contribution in [0.15, 0.2) is 48.5 Å². The van der Waals surface area contributed by atoms with Gasteiger partial charge in [-0.2, -0.15) is 0 Å². The number of hydrogen-bond donors (Lipinski definition) is 1. The lowest BCUT2D eigenvalue weighted by Gasteiger charge is -2.29. The van der Waals surface area contributed by atoms with Crippen LogP contribution in [0.5, 0.6) is 0 Å². The molecule has 27 heavy (non-hydrogen) atoms. The number of urea groups is 1. The molecule has 0 spiro atoms. The number of imide groups is 1. The summed E-state index contributed by atoms with van der Waals surface area (Å²) in [7, 11) is 0. The second-order valence-corrected chi connectivity index (χ2v) is 7.40. The monoisotopic (exact) mass is 364 g/mol. The molecule has 2 aliphatic rings. The normalized spacial score (nSPS) is 25.1. The molecule has 2 atom stereocenters. The molecule has 2 fully saturated rings. The van der Waals surface area contributed by atoms with Crippen LogP contribution < -0.4 is 5.32 Å². The first kappa shape index (κ1) is 17.7. The first-order chi connectivity index (χ1) is 13.0. The van der Waals surface area contributed by atoms with E-state index in [9.17, 15) is 9.59 Å². The van der Waals surface area contributed by atoms with Crippen molar-refractivity contribution in [3.05, 3.63) is 70.8 Å². The molecule has 3 amide bonds. The van der Waals surface area contributed by atoms with E-state index < -0.39 is 5.54 Å². The summed E-state index contributed by atoms with van der Waals surface area (Å²) >= 11 is 0. The Morgan fingerprint density at radius 2 is 1.85 bits per heavy atom. The molecule has 2 aromatic carbocycles. The molecule has 5 nitrogen and oxygen atoms in total. The maximum atomic E-state index is 13.6. The first-order valence-corrected chi connectivity index (χ1v) is 9.41. The Morgan fingerprint density at radius 3 is 2.52 bits per heavy atom. The van der Waals surface area contributed by atoms with E-state index in [0.29, 0.717) is 13.2 Å². The maximum Gasteiger partial charge on any atom is 0.325 e. The fourth-order valence-corrected chi connectivity index (χ4v) is 3.95. The summed E-state index contributed by atoms with van der Waals surface area (Å²) in [6.07, 6.45) is 1.76. The largest absolute Gasteiger partial charge is 0.376 e. The van der Waals surface area contributed by atoms with Crippen LogP contribution in [-0.2, 0) is 15.1 Å². The summed E-state index contributed by atoms with van der Waals surface area (Å²) in [5.74, 6) is -0.238. The quantitative estimate of drug-likeness (QED) is 0.847. The van der Waals surface area contributed by atoms with Crippen LogP contribution in [-0.4, -0.2) is 36.1 Å². The minimum Gasteiger partial charge on any atom is -0.376 e. The zero-order valence-electron chi connectivity index (χ0n) is 15.7. The molecule has 2 aromatic rings. The van der Waals surface area contributed by atoms with Crippen LogP contribution in [0.25, 0.3) is 0 Å². The van der Waals surface area contributed by atoms with Crippen LogP contribution in [0.3, 0.4) is 0 Å². The molecule has 0 radical (unpaired) electrons. The van der Waals surface area contributed by atoms with Crippen molar-refractivity contribution in [2.75, 3.05) is 13.2 Å². The van der Waals surface area contributed by atoms with E-state index in [1.807, 2.05) is 62.4 Å². The highest BCUT2D eigenvalue weighted by Gasteiger charge is 2.54. The summed E-state index contributed by atoms with van der Waals surface area (Å²) < 4.78 is 5.65. The summed E-state index contributed by atoms with van der Waals surface area (Å²) in [6, 6.07) is 15.0. The third-order valence-corrected chi connectivity index (χ3v) is 5.66. The van der Waals surface area contributed by atoms with Gasteiger partial charge >= 0.3 is 6.03 Å². The fraction of sp³-hybridized carbons (Fsp3) is 0.364. The Morgan fingerprint density at radius 1 is 1.07 bits per heavy atom. The molecule has 5 heteroatoms. The zero-order chi connectivity index (χ0) is 19.0. The molecule has 140 valence electrons. The van der Waals surface area contributed by atoms with Gasteiger partial charge in [0.15, 0.2) is 5.54 Å². The minimum absolute atomic E-state index is 0.0778.